The summed E-state index contributed by atoms with van der Waals surface area (Å²) in [6.07, 6.45) is 28.5. The van der Waals surface area contributed by atoms with Crippen molar-refractivity contribution in [2.75, 3.05) is 24.6 Å². The van der Waals surface area contributed by atoms with Gasteiger partial charge >= 0.3 is 0 Å². The van der Waals surface area contributed by atoms with Crippen LogP contribution in [0, 0.1) is 0 Å². The minimum absolute atomic E-state index is 0.632. The summed E-state index contributed by atoms with van der Waals surface area (Å²) < 4.78 is 0. The van der Waals surface area contributed by atoms with E-state index in [0.717, 1.165) is 0 Å². The molecule has 146 valence electrons. The molecular weight excluding hydrogens is 307 g/mol. The van der Waals surface area contributed by atoms with Crippen LogP contribution in [-0.4, -0.2) is 24.6 Å². The van der Waals surface area contributed by atoms with Crippen molar-refractivity contribution in [3.63, 3.8) is 0 Å². The average molecular weight is 358 g/mol. The second kappa shape index (κ2) is 18.2. The number of hydrogen-bond acceptors (Lipinski definition) is 0. The van der Waals surface area contributed by atoms with Crippen molar-refractivity contribution in [3.8, 4) is 0 Å². The van der Waals surface area contributed by atoms with Crippen LogP contribution in [0.15, 0.2) is 0 Å². The Hall–Kier alpha value is 0.430. The van der Waals surface area contributed by atoms with Crippen LogP contribution in [0.5, 0.6) is 0 Å². The van der Waals surface area contributed by atoms with Gasteiger partial charge in [-0.05, 0) is 44.9 Å². The van der Waals surface area contributed by atoms with E-state index >= 15 is 0 Å². The van der Waals surface area contributed by atoms with Gasteiger partial charge in [-0.25, -0.2) is 0 Å². The lowest BCUT2D eigenvalue weighted by atomic mass is 10.1. The fourth-order valence-electron chi connectivity index (χ4n) is 4.12. The van der Waals surface area contributed by atoms with E-state index in [9.17, 15) is 0 Å². The number of unbranched alkanes of at least 4 members (excludes halogenated alkanes) is 11. The highest BCUT2D eigenvalue weighted by Gasteiger charge is 2.34. The summed E-state index contributed by atoms with van der Waals surface area (Å²) in [5.74, 6) is 0. The lowest BCUT2D eigenvalue weighted by molar-refractivity contribution is 0.624. The summed E-state index contributed by atoms with van der Waals surface area (Å²) in [7, 11) is -0.632. The SMILES string of the molecule is CCCCCCCC[P+](CCC)(CCCCCC)CCCCCC. The van der Waals surface area contributed by atoms with Crippen LogP contribution in [0.1, 0.15) is 124 Å². The van der Waals surface area contributed by atoms with Gasteiger partial charge < -0.3 is 0 Å². The molecule has 1 heteroatoms. The molecule has 0 nitrogen and oxygen atoms in total. The number of hydrogen-bond donors (Lipinski definition) is 0. The Morgan fingerprint density at radius 1 is 0.333 bits per heavy atom. The molecule has 0 amide bonds. The van der Waals surface area contributed by atoms with E-state index in [-0.39, 0.29) is 0 Å². The van der Waals surface area contributed by atoms with Crippen molar-refractivity contribution in [3.05, 3.63) is 0 Å². The molecule has 0 aromatic heterocycles. The highest BCUT2D eigenvalue weighted by atomic mass is 31.2. The summed E-state index contributed by atoms with van der Waals surface area (Å²) in [6, 6.07) is 0. The number of rotatable bonds is 19. The zero-order valence-corrected chi connectivity index (χ0v) is 18.8. The van der Waals surface area contributed by atoms with E-state index in [0.29, 0.717) is 0 Å². The summed E-state index contributed by atoms with van der Waals surface area (Å²) in [6.45, 7) is 9.45. The molecule has 0 aliphatic heterocycles. The summed E-state index contributed by atoms with van der Waals surface area (Å²) in [4.78, 5) is 0. The third-order valence-corrected chi connectivity index (χ3v) is 10.8. The standard InChI is InChI=1S/C23H50P/c1-5-9-12-15-16-19-23-24(20-8-4,21-17-13-10-6-2)22-18-14-11-7-3/h5-23H2,1-4H3/q+1. The summed E-state index contributed by atoms with van der Waals surface area (Å²) >= 11 is 0. The van der Waals surface area contributed by atoms with Gasteiger partial charge in [0.2, 0.25) is 0 Å². The Labute approximate surface area is 156 Å². The minimum atomic E-state index is -0.632. The van der Waals surface area contributed by atoms with Gasteiger partial charge in [0.25, 0.3) is 0 Å². The van der Waals surface area contributed by atoms with Gasteiger partial charge in [0.05, 0.1) is 24.6 Å². The molecule has 0 N–H and O–H groups in total. The largest absolute Gasteiger partial charge is 0.0654 e. The van der Waals surface area contributed by atoms with Crippen molar-refractivity contribution >= 4 is 7.26 Å². The maximum Gasteiger partial charge on any atom is 0.0594 e. The molecule has 0 atom stereocenters. The second-order valence-corrected chi connectivity index (χ2v) is 12.6. The summed E-state index contributed by atoms with van der Waals surface area (Å²) in [5.41, 5.74) is 0. The zero-order valence-electron chi connectivity index (χ0n) is 17.9. The van der Waals surface area contributed by atoms with Crippen molar-refractivity contribution < 1.29 is 0 Å². The van der Waals surface area contributed by atoms with Gasteiger partial charge in [-0.15, -0.1) is 0 Å². The van der Waals surface area contributed by atoms with Crippen LogP contribution in [0.25, 0.3) is 0 Å². The minimum Gasteiger partial charge on any atom is -0.0654 e. The Morgan fingerprint density at radius 2 is 0.667 bits per heavy atom. The van der Waals surface area contributed by atoms with Crippen molar-refractivity contribution in [2.24, 2.45) is 0 Å². The quantitative estimate of drug-likeness (QED) is 0.160. The molecule has 0 spiro atoms. The Morgan fingerprint density at radius 3 is 1.04 bits per heavy atom. The van der Waals surface area contributed by atoms with Gasteiger partial charge in [-0.2, -0.15) is 0 Å². The molecule has 0 aromatic rings. The summed E-state index contributed by atoms with van der Waals surface area (Å²) in [5, 5.41) is 0. The molecule has 0 radical (unpaired) electrons. The van der Waals surface area contributed by atoms with E-state index in [4.69, 9.17) is 0 Å². The highest BCUT2D eigenvalue weighted by Crippen LogP contribution is 2.61. The van der Waals surface area contributed by atoms with E-state index in [1.807, 2.05) is 0 Å². The molecule has 0 fully saturated rings. The van der Waals surface area contributed by atoms with Crippen molar-refractivity contribution in [1.82, 2.24) is 0 Å². The van der Waals surface area contributed by atoms with Crippen LogP contribution < -0.4 is 0 Å². The zero-order chi connectivity index (χ0) is 17.9. The van der Waals surface area contributed by atoms with Crippen LogP contribution in [0.3, 0.4) is 0 Å². The highest BCUT2D eigenvalue weighted by molar-refractivity contribution is 7.75. The molecule has 0 rings (SSSR count). The van der Waals surface area contributed by atoms with Gasteiger partial charge in [0, 0.05) is 7.26 Å². The van der Waals surface area contributed by atoms with Crippen LogP contribution in [0.4, 0.5) is 0 Å². The maximum absolute atomic E-state index is 2.44. The monoisotopic (exact) mass is 357 g/mol. The molecule has 0 unspecified atom stereocenters. The van der Waals surface area contributed by atoms with Crippen molar-refractivity contribution in [1.29, 1.82) is 0 Å². The Balaban J connectivity index is 4.36. The first kappa shape index (κ1) is 24.4. The maximum atomic E-state index is 2.44. The molecule has 24 heavy (non-hydrogen) atoms. The predicted octanol–water partition coefficient (Wildman–Crippen LogP) is 8.94. The molecule has 0 saturated carbocycles. The van der Waals surface area contributed by atoms with Crippen molar-refractivity contribution in [2.45, 2.75) is 124 Å². The second-order valence-electron chi connectivity index (χ2n) is 8.13. The first-order valence-electron chi connectivity index (χ1n) is 11.6. The molecule has 0 aliphatic rings. The van der Waals surface area contributed by atoms with Crippen LogP contribution in [0.2, 0.25) is 0 Å². The fraction of sp³-hybridized carbons (Fsp3) is 1.00. The first-order valence-corrected chi connectivity index (χ1v) is 14.1. The Bertz CT molecular complexity index is 224. The lowest BCUT2D eigenvalue weighted by Crippen LogP contribution is -2.13. The molecule has 0 aromatic carbocycles. The topological polar surface area (TPSA) is 0 Å². The Kier molecular flexibility index (Phi) is 18.6. The third-order valence-electron chi connectivity index (χ3n) is 5.66. The van der Waals surface area contributed by atoms with Gasteiger partial charge in [0.1, 0.15) is 0 Å². The van der Waals surface area contributed by atoms with Crippen LogP contribution >= 0.6 is 7.26 Å². The lowest BCUT2D eigenvalue weighted by Gasteiger charge is -2.28. The first-order chi connectivity index (χ1) is 11.7. The molecule has 0 heterocycles. The predicted molar refractivity (Wildman–Crippen MR) is 118 cm³/mol. The molecular formula is C23H50P+. The van der Waals surface area contributed by atoms with E-state index in [2.05, 4.69) is 27.7 Å². The fourth-order valence-corrected chi connectivity index (χ4v) is 9.09. The molecule has 0 bridgehead atoms. The third kappa shape index (κ3) is 13.7. The average Bonchev–Trinajstić information content (AvgIpc) is 2.59. The molecule has 0 aliphatic carbocycles. The van der Waals surface area contributed by atoms with Gasteiger partial charge in [-0.1, -0.05) is 79.1 Å². The molecule has 0 saturated heterocycles. The van der Waals surface area contributed by atoms with Crippen LogP contribution in [-0.2, 0) is 0 Å². The van der Waals surface area contributed by atoms with Gasteiger partial charge in [0.15, 0.2) is 0 Å². The normalized spacial score (nSPS) is 12.0. The van der Waals surface area contributed by atoms with Gasteiger partial charge in [-0.3, -0.25) is 0 Å². The van der Waals surface area contributed by atoms with E-state index in [1.165, 1.54) is 89.9 Å². The van der Waals surface area contributed by atoms with E-state index < -0.39 is 7.26 Å². The van der Waals surface area contributed by atoms with E-state index in [1.54, 1.807) is 31.1 Å². The smallest absolute Gasteiger partial charge is 0.0594 e.